The molecule has 0 atom stereocenters. The zero-order valence-electron chi connectivity index (χ0n) is 15.0. The fourth-order valence-corrected chi connectivity index (χ4v) is 2.65. The molecule has 1 aliphatic rings. The predicted molar refractivity (Wildman–Crippen MR) is 99.8 cm³/mol. The van der Waals surface area contributed by atoms with Gasteiger partial charge in [-0.25, -0.2) is 4.79 Å². The number of amides is 2. The van der Waals surface area contributed by atoms with E-state index in [0.717, 1.165) is 4.90 Å². The second-order valence-electron chi connectivity index (χ2n) is 5.82. The Morgan fingerprint density at radius 2 is 1.93 bits per heavy atom. The van der Waals surface area contributed by atoms with Crippen LogP contribution in [0.1, 0.15) is 10.4 Å². The Morgan fingerprint density at radius 1 is 1.14 bits per heavy atom. The van der Waals surface area contributed by atoms with Gasteiger partial charge in [0, 0.05) is 6.08 Å². The van der Waals surface area contributed by atoms with Gasteiger partial charge in [0.15, 0.2) is 5.75 Å². The van der Waals surface area contributed by atoms with Crippen LogP contribution in [-0.4, -0.2) is 48.1 Å². The van der Waals surface area contributed by atoms with Crippen LogP contribution in [0.5, 0.6) is 11.5 Å². The van der Waals surface area contributed by atoms with E-state index < -0.39 is 17.8 Å². The first kappa shape index (κ1) is 19.1. The topological polar surface area (TPSA) is 105 Å². The molecular weight excluding hydrogens is 364 g/mol. The molecule has 0 aromatic heterocycles. The van der Waals surface area contributed by atoms with E-state index in [-0.39, 0.29) is 18.8 Å². The Labute approximate surface area is 161 Å². The third-order valence-corrected chi connectivity index (χ3v) is 3.97. The van der Waals surface area contributed by atoms with Gasteiger partial charge in [0.1, 0.15) is 11.4 Å². The molecule has 0 unspecified atom stereocenters. The Bertz CT molecular complexity index is 953. The van der Waals surface area contributed by atoms with E-state index in [1.807, 2.05) is 0 Å². The maximum Gasteiger partial charge on any atom is 0.337 e. The number of aliphatic hydroxyl groups excluding tert-OH is 1. The minimum absolute atomic E-state index is 0.0716. The summed E-state index contributed by atoms with van der Waals surface area (Å²) in [5.74, 6) is -0.707. The maximum absolute atomic E-state index is 12.3. The number of hydrogen-bond donors (Lipinski definition) is 2. The van der Waals surface area contributed by atoms with Crippen molar-refractivity contribution in [3.8, 4) is 11.5 Å². The van der Waals surface area contributed by atoms with Crippen molar-refractivity contribution in [3.05, 3.63) is 65.9 Å². The predicted octanol–water partition coefficient (Wildman–Crippen LogP) is 1.92. The van der Waals surface area contributed by atoms with Gasteiger partial charge in [0.05, 0.1) is 31.5 Å². The Balaban J connectivity index is 1.81. The first-order valence-corrected chi connectivity index (χ1v) is 8.44. The summed E-state index contributed by atoms with van der Waals surface area (Å²) in [6.07, 6.45) is 1.17. The number of nitrogens with one attached hydrogen (secondary N) is 1. The molecule has 0 aliphatic carbocycles. The van der Waals surface area contributed by atoms with E-state index >= 15 is 0 Å². The standard InChI is InChI=1S/C20H18N2O6/c1-27-20(26)13-5-4-6-14(11-13)28-17-8-3-2-7-15(17)21-16-12-18(24)22(9-10-23)19(16)25/h2-8,11-12,21,23H,9-10H2,1H3. The van der Waals surface area contributed by atoms with E-state index in [9.17, 15) is 14.4 Å². The molecule has 144 valence electrons. The van der Waals surface area contributed by atoms with Gasteiger partial charge in [-0.15, -0.1) is 0 Å². The number of ether oxygens (including phenoxy) is 2. The molecule has 1 heterocycles. The van der Waals surface area contributed by atoms with Gasteiger partial charge in [0.25, 0.3) is 11.8 Å². The summed E-state index contributed by atoms with van der Waals surface area (Å²) in [6.45, 7) is -0.382. The average molecular weight is 382 g/mol. The highest BCUT2D eigenvalue weighted by Crippen LogP contribution is 2.31. The largest absolute Gasteiger partial charge is 0.465 e. The second kappa shape index (κ2) is 8.36. The van der Waals surface area contributed by atoms with E-state index in [1.165, 1.54) is 19.3 Å². The number of hydrogen-bond acceptors (Lipinski definition) is 7. The first-order valence-electron chi connectivity index (χ1n) is 8.44. The Morgan fingerprint density at radius 3 is 2.68 bits per heavy atom. The Hall–Kier alpha value is -3.65. The van der Waals surface area contributed by atoms with E-state index in [2.05, 4.69) is 5.32 Å². The zero-order valence-corrected chi connectivity index (χ0v) is 15.0. The molecule has 3 rings (SSSR count). The molecule has 8 nitrogen and oxygen atoms in total. The Kier molecular flexibility index (Phi) is 5.71. The molecular formula is C20H18N2O6. The third kappa shape index (κ3) is 4.02. The molecule has 8 heteroatoms. The summed E-state index contributed by atoms with van der Waals surface area (Å²) in [7, 11) is 1.29. The molecule has 2 N–H and O–H groups in total. The van der Waals surface area contributed by atoms with Gasteiger partial charge in [0.2, 0.25) is 0 Å². The number of imide groups is 1. The van der Waals surface area contributed by atoms with Crippen molar-refractivity contribution >= 4 is 23.5 Å². The zero-order chi connectivity index (χ0) is 20.1. The number of anilines is 1. The highest BCUT2D eigenvalue weighted by molar-refractivity contribution is 6.17. The van der Waals surface area contributed by atoms with Crippen LogP contribution in [-0.2, 0) is 14.3 Å². The van der Waals surface area contributed by atoms with Crippen LogP contribution in [0, 0.1) is 0 Å². The number of carbonyl (C=O) groups excluding carboxylic acids is 3. The van der Waals surface area contributed by atoms with Gasteiger partial charge in [-0.2, -0.15) is 0 Å². The fraction of sp³-hybridized carbons (Fsp3) is 0.150. The van der Waals surface area contributed by atoms with Crippen LogP contribution < -0.4 is 10.1 Å². The van der Waals surface area contributed by atoms with Crippen molar-refractivity contribution in [3.63, 3.8) is 0 Å². The van der Waals surface area contributed by atoms with Gasteiger partial charge in [-0.1, -0.05) is 18.2 Å². The summed E-state index contributed by atoms with van der Waals surface area (Å²) in [5, 5.41) is 11.9. The van der Waals surface area contributed by atoms with Crippen LogP contribution in [0.15, 0.2) is 60.3 Å². The van der Waals surface area contributed by atoms with Crippen LogP contribution in [0.2, 0.25) is 0 Å². The lowest BCUT2D eigenvalue weighted by Gasteiger charge is -2.15. The summed E-state index contributed by atoms with van der Waals surface area (Å²) in [5.41, 5.74) is 0.881. The number of nitrogens with zero attached hydrogens (tertiary/aromatic N) is 1. The smallest absolute Gasteiger partial charge is 0.337 e. The van der Waals surface area contributed by atoms with Crippen LogP contribution in [0.25, 0.3) is 0 Å². The number of rotatable bonds is 7. The first-order chi connectivity index (χ1) is 13.5. The van der Waals surface area contributed by atoms with Crippen molar-refractivity contribution in [2.45, 2.75) is 0 Å². The second-order valence-corrected chi connectivity index (χ2v) is 5.82. The molecule has 2 aromatic rings. The van der Waals surface area contributed by atoms with Crippen molar-refractivity contribution in [2.24, 2.45) is 0 Å². The van der Waals surface area contributed by atoms with Crippen molar-refractivity contribution < 1.29 is 29.0 Å². The van der Waals surface area contributed by atoms with Crippen LogP contribution in [0.3, 0.4) is 0 Å². The summed E-state index contributed by atoms with van der Waals surface area (Å²) in [4.78, 5) is 36.8. The molecule has 0 saturated carbocycles. The van der Waals surface area contributed by atoms with E-state index in [0.29, 0.717) is 22.7 Å². The van der Waals surface area contributed by atoms with Crippen molar-refractivity contribution in [1.29, 1.82) is 0 Å². The van der Waals surface area contributed by atoms with Crippen molar-refractivity contribution in [2.75, 3.05) is 25.6 Å². The number of esters is 1. The SMILES string of the molecule is COC(=O)c1cccc(Oc2ccccc2NC2=CC(=O)N(CCO)C2=O)c1. The monoisotopic (exact) mass is 382 g/mol. The number of carbonyl (C=O) groups is 3. The number of aliphatic hydroxyl groups is 1. The lowest BCUT2D eigenvalue weighted by Crippen LogP contribution is -2.34. The molecule has 2 amide bonds. The lowest BCUT2D eigenvalue weighted by molar-refractivity contribution is -0.137. The van der Waals surface area contributed by atoms with Gasteiger partial charge in [-0.05, 0) is 30.3 Å². The number of benzene rings is 2. The lowest BCUT2D eigenvalue weighted by atomic mass is 10.2. The fourth-order valence-electron chi connectivity index (χ4n) is 2.65. The third-order valence-electron chi connectivity index (χ3n) is 3.97. The maximum atomic E-state index is 12.3. The summed E-state index contributed by atoms with van der Waals surface area (Å²) in [6, 6.07) is 13.3. The number of β-amino-alcohol motifs (C(OH)–C–C–N with tert-alkyl or cyclic N) is 1. The van der Waals surface area contributed by atoms with E-state index in [4.69, 9.17) is 14.6 Å². The highest BCUT2D eigenvalue weighted by Gasteiger charge is 2.31. The molecule has 28 heavy (non-hydrogen) atoms. The van der Waals surface area contributed by atoms with Gasteiger partial charge in [-0.3, -0.25) is 14.5 Å². The minimum Gasteiger partial charge on any atom is -0.465 e. The van der Waals surface area contributed by atoms with Gasteiger partial charge >= 0.3 is 5.97 Å². The highest BCUT2D eigenvalue weighted by atomic mass is 16.5. The molecule has 2 aromatic carbocycles. The molecule has 0 fully saturated rings. The van der Waals surface area contributed by atoms with Crippen LogP contribution >= 0.6 is 0 Å². The number of para-hydroxylation sites is 2. The molecule has 0 bridgehead atoms. The van der Waals surface area contributed by atoms with Crippen molar-refractivity contribution in [1.82, 2.24) is 4.90 Å². The van der Waals surface area contributed by atoms with Gasteiger partial charge < -0.3 is 19.9 Å². The summed E-state index contributed by atoms with van der Waals surface area (Å²) < 4.78 is 10.5. The minimum atomic E-state index is -0.526. The molecule has 0 spiro atoms. The number of methoxy groups -OCH3 is 1. The molecule has 0 saturated heterocycles. The van der Waals surface area contributed by atoms with Crippen LogP contribution in [0.4, 0.5) is 5.69 Å². The summed E-state index contributed by atoms with van der Waals surface area (Å²) >= 11 is 0. The molecule has 1 aliphatic heterocycles. The molecule has 0 radical (unpaired) electrons. The normalized spacial score (nSPS) is 13.4. The van der Waals surface area contributed by atoms with E-state index in [1.54, 1.807) is 42.5 Å². The quantitative estimate of drug-likeness (QED) is 0.557. The average Bonchev–Trinajstić information content (AvgIpc) is 2.97.